The van der Waals surface area contributed by atoms with Crippen molar-refractivity contribution in [3.63, 3.8) is 0 Å². The summed E-state index contributed by atoms with van der Waals surface area (Å²) in [5.41, 5.74) is -0.864. The summed E-state index contributed by atoms with van der Waals surface area (Å²) >= 11 is 5.70. The summed E-state index contributed by atoms with van der Waals surface area (Å²) in [5.74, 6) is -2.13. The number of pyridine rings is 1. The number of aromatic nitrogens is 3. The summed E-state index contributed by atoms with van der Waals surface area (Å²) in [4.78, 5) is 36.0. The van der Waals surface area contributed by atoms with Gasteiger partial charge in [-0.1, -0.05) is 11.6 Å². The van der Waals surface area contributed by atoms with E-state index in [1.54, 1.807) is 0 Å². The summed E-state index contributed by atoms with van der Waals surface area (Å²) in [5, 5.41) is 27.1. The maximum absolute atomic E-state index is 11.9. The van der Waals surface area contributed by atoms with Crippen LogP contribution < -0.4 is 5.32 Å². The van der Waals surface area contributed by atoms with Crippen molar-refractivity contribution in [2.75, 3.05) is 5.32 Å². The van der Waals surface area contributed by atoms with E-state index in [2.05, 4.69) is 20.5 Å². The van der Waals surface area contributed by atoms with Crippen LogP contribution in [-0.2, 0) is 0 Å². The number of rotatable bonds is 4. The highest BCUT2D eigenvalue weighted by atomic mass is 35.5. The van der Waals surface area contributed by atoms with Gasteiger partial charge < -0.3 is 10.4 Å². The zero-order chi connectivity index (χ0) is 15.6. The van der Waals surface area contributed by atoms with Crippen molar-refractivity contribution in [3.8, 4) is 0 Å². The molecule has 0 fully saturated rings. The number of carbonyl (C=O) groups excluding carboxylic acids is 1. The second kappa shape index (κ2) is 5.54. The molecule has 0 atom stereocenters. The normalized spacial score (nSPS) is 10.1. The fourth-order valence-electron chi connectivity index (χ4n) is 1.38. The van der Waals surface area contributed by atoms with Gasteiger partial charge in [-0.05, 0) is 0 Å². The number of anilines is 1. The van der Waals surface area contributed by atoms with Gasteiger partial charge in [0.15, 0.2) is 5.82 Å². The van der Waals surface area contributed by atoms with E-state index in [1.807, 2.05) is 0 Å². The Labute approximate surface area is 120 Å². The molecule has 10 nitrogen and oxygen atoms in total. The molecule has 3 N–H and O–H groups in total. The molecule has 108 valence electrons. The molecular weight excluding hydrogens is 306 g/mol. The van der Waals surface area contributed by atoms with Crippen molar-refractivity contribution in [2.45, 2.75) is 0 Å². The largest absolute Gasteiger partial charge is 0.477 e. The highest BCUT2D eigenvalue weighted by Crippen LogP contribution is 2.20. The minimum Gasteiger partial charge on any atom is -0.477 e. The van der Waals surface area contributed by atoms with E-state index in [9.17, 15) is 19.7 Å². The topological polar surface area (TPSA) is 151 Å². The van der Waals surface area contributed by atoms with Gasteiger partial charge in [0, 0.05) is 12.1 Å². The number of nitrogens with zero attached hydrogens (tertiary/aromatic N) is 3. The predicted molar refractivity (Wildman–Crippen MR) is 69.4 cm³/mol. The summed E-state index contributed by atoms with van der Waals surface area (Å²) in [6.07, 6.45) is 0.913. The molecule has 1 amide bonds. The maximum Gasteiger partial charge on any atom is 0.353 e. The summed E-state index contributed by atoms with van der Waals surface area (Å²) in [6, 6.07) is 2.04. The second-order valence-electron chi connectivity index (χ2n) is 3.72. The Hall–Kier alpha value is -3.01. The Kier molecular flexibility index (Phi) is 3.80. The molecule has 0 spiro atoms. The number of carboxylic acid groups (broad SMARTS) is 1. The number of nitrogens with one attached hydrogen (secondary N) is 2. The van der Waals surface area contributed by atoms with E-state index in [4.69, 9.17) is 16.7 Å². The number of hydrogen-bond acceptors (Lipinski definition) is 6. The predicted octanol–water partition coefficient (Wildman–Crippen LogP) is 1.32. The third-order valence-corrected chi connectivity index (χ3v) is 2.63. The second-order valence-corrected chi connectivity index (χ2v) is 4.07. The number of carboxylic acids is 1. The highest BCUT2D eigenvalue weighted by molar-refractivity contribution is 6.33. The SMILES string of the molecule is O=C(O)c1cc(NC(=O)c2cc([N+](=O)[O-])cnc2Cl)n[nH]1. The number of aromatic carboxylic acids is 1. The van der Waals surface area contributed by atoms with E-state index in [0.717, 1.165) is 18.3 Å². The van der Waals surface area contributed by atoms with Crippen LogP contribution in [0.4, 0.5) is 11.5 Å². The van der Waals surface area contributed by atoms with Gasteiger partial charge in [0.2, 0.25) is 0 Å². The number of aromatic amines is 1. The van der Waals surface area contributed by atoms with Gasteiger partial charge in [0.05, 0.1) is 10.5 Å². The zero-order valence-corrected chi connectivity index (χ0v) is 10.8. The Morgan fingerprint density at radius 3 is 2.71 bits per heavy atom. The third kappa shape index (κ3) is 3.12. The van der Waals surface area contributed by atoms with Crippen LogP contribution in [0, 0.1) is 10.1 Å². The standard InChI is InChI=1S/C10H6ClN5O5/c11-8-5(1-4(3-12-8)16(20)21)9(17)13-7-2-6(10(18)19)14-15-7/h1-3H,(H,18,19)(H2,13,14,15,17). The molecule has 0 aliphatic heterocycles. The summed E-state index contributed by atoms with van der Waals surface area (Å²) in [6.45, 7) is 0. The zero-order valence-electron chi connectivity index (χ0n) is 10.0. The van der Waals surface area contributed by atoms with E-state index in [0.29, 0.717) is 0 Å². The van der Waals surface area contributed by atoms with Crippen molar-refractivity contribution in [2.24, 2.45) is 0 Å². The molecule has 2 aromatic heterocycles. The van der Waals surface area contributed by atoms with Crippen LogP contribution in [0.15, 0.2) is 18.3 Å². The molecule has 21 heavy (non-hydrogen) atoms. The van der Waals surface area contributed by atoms with Crippen LogP contribution >= 0.6 is 11.6 Å². The first kappa shape index (κ1) is 14.4. The summed E-state index contributed by atoms with van der Waals surface area (Å²) in [7, 11) is 0. The molecule has 0 aromatic carbocycles. The monoisotopic (exact) mass is 311 g/mol. The Morgan fingerprint density at radius 1 is 1.43 bits per heavy atom. The first-order valence-electron chi connectivity index (χ1n) is 5.28. The van der Waals surface area contributed by atoms with Crippen molar-refractivity contribution in [1.29, 1.82) is 0 Å². The Balaban J connectivity index is 2.25. The van der Waals surface area contributed by atoms with E-state index in [1.165, 1.54) is 0 Å². The highest BCUT2D eigenvalue weighted by Gasteiger charge is 2.18. The van der Waals surface area contributed by atoms with Crippen LogP contribution in [0.2, 0.25) is 5.15 Å². The average Bonchev–Trinajstić information content (AvgIpc) is 2.87. The maximum atomic E-state index is 11.9. The third-order valence-electron chi connectivity index (χ3n) is 2.33. The van der Waals surface area contributed by atoms with Gasteiger partial charge in [0.25, 0.3) is 11.6 Å². The lowest BCUT2D eigenvalue weighted by molar-refractivity contribution is -0.385. The number of amides is 1. The molecule has 2 heterocycles. The lowest BCUT2D eigenvalue weighted by Crippen LogP contribution is -2.13. The molecule has 0 unspecified atom stereocenters. The number of H-pyrrole nitrogens is 1. The smallest absolute Gasteiger partial charge is 0.353 e. The van der Waals surface area contributed by atoms with Crippen LogP contribution in [0.3, 0.4) is 0 Å². The molecule has 0 aliphatic carbocycles. The van der Waals surface area contributed by atoms with Gasteiger partial charge in [-0.2, -0.15) is 5.10 Å². The van der Waals surface area contributed by atoms with Gasteiger partial charge in [-0.3, -0.25) is 20.0 Å². The first-order chi connectivity index (χ1) is 9.88. The average molecular weight is 312 g/mol. The van der Waals surface area contributed by atoms with Crippen LogP contribution in [0.25, 0.3) is 0 Å². The molecule has 11 heteroatoms. The van der Waals surface area contributed by atoms with Crippen LogP contribution in [-0.4, -0.2) is 37.1 Å². The van der Waals surface area contributed by atoms with Crippen LogP contribution in [0.1, 0.15) is 20.8 Å². The molecule has 2 aromatic rings. The van der Waals surface area contributed by atoms with E-state index in [-0.39, 0.29) is 22.2 Å². The van der Waals surface area contributed by atoms with E-state index < -0.39 is 22.5 Å². The van der Waals surface area contributed by atoms with Crippen molar-refractivity contribution >= 4 is 35.0 Å². The quantitative estimate of drug-likeness (QED) is 0.437. The molecule has 0 radical (unpaired) electrons. The van der Waals surface area contributed by atoms with Gasteiger partial charge in [0.1, 0.15) is 17.0 Å². The van der Waals surface area contributed by atoms with Gasteiger partial charge in [-0.15, -0.1) is 0 Å². The minimum atomic E-state index is -1.25. The Morgan fingerprint density at radius 2 is 2.14 bits per heavy atom. The molecular formula is C10H6ClN5O5. The molecule has 0 bridgehead atoms. The molecule has 2 rings (SSSR count). The lowest BCUT2D eigenvalue weighted by Gasteiger charge is -2.03. The molecule has 0 saturated heterocycles. The van der Waals surface area contributed by atoms with Crippen molar-refractivity contribution in [3.05, 3.63) is 44.9 Å². The lowest BCUT2D eigenvalue weighted by atomic mass is 10.2. The number of carbonyl (C=O) groups is 2. The fourth-order valence-corrected chi connectivity index (χ4v) is 1.56. The fraction of sp³-hybridized carbons (Fsp3) is 0. The van der Waals surface area contributed by atoms with Crippen molar-refractivity contribution < 1.29 is 19.6 Å². The van der Waals surface area contributed by atoms with Crippen molar-refractivity contribution in [1.82, 2.24) is 15.2 Å². The van der Waals surface area contributed by atoms with Crippen LogP contribution in [0.5, 0.6) is 0 Å². The minimum absolute atomic E-state index is 0.0695. The molecule has 0 saturated carbocycles. The van der Waals surface area contributed by atoms with E-state index >= 15 is 0 Å². The number of nitro groups is 1. The number of hydrogen-bond donors (Lipinski definition) is 3. The Bertz CT molecular complexity index is 743. The summed E-state index contributed by atoms with van der Waals surface area (Å²) < 4.78 is 0. The van der Waals surface area contributed by atoms with Gasteiger partial charge >= 0.3 is 5.97 Å². The molecule has 0 aliphatic rings. The number of halogens is 1. The first-order valence-corrected chi connectivity index (χ1v) is 5.66. The van der Waals surface area contributed by atoms with Gasteiger partial charge in [-0.25, -0.2) is 9.78 Å².